The van der Waals surface area contributed by atoms with Crippen molar-refractivity contribution in [3.05, 3.63) is 41.6 Å². The van der Waals surface area contributed by atoms with E-state index in [1.807, 2.05) is 31.2 Å². The van der Waals surface area contributed by atoms with Crippen LogP contribution in [0.2, 0.25) is 0 Å². The summed E-state index contributed by atoms with van der Waals surface area (Å²) in [6.45, 7) is 2.79. The van der Waals surface area contributed by atoms with Crippen LogP contribution in [0.25, 0.3) is 11.3 Å². The molecule has 128 valence electrons. The number of para-hydroxylation sites is 1. The molecule has 1 heterocycles. The van der Waals surface area contributed by atoms with E-state index in [0.29, 0.717) is 11.5 Å². The normalized spacial score (nSPS) is 15.4. The van der Waals surface area contributed by atoms with Gasteiger partial charge in [-0.1, -0.05) is 31.4 Å². The summed E-state index contributed by atoms with van der Waals surface area (Å²) in [7, 11) is 1.65. The molecule has 1 aromatic heterocycles. The molecule has 2 aromatic rings. The maximum atomic E-state index is 11.6. The number of carboxylic acid groups (broad SMARTS) is 1. The lowest BCUT2D eigenvalue weighted by Crippen LogP contribution is -2.16. The van der Waals surface area contributed by atoms with E-state index in [2.05, 4.69) is 4.57 Å². The third-order valence-corrected chi connectivity index (χ3v) is 5.15. The fourth-order valence-corrected chi connectivity index (χ4v) is 3.80. The van der Waals surface area contributed by atoms with Crippen molar-refractivity contribution in [2.45, 2.75) is 45.6 Å². The van der Waals surface area contributed by atoms with E-state index >= 15 is 0 Å². The number of benzene rings is 1. The van der Waals surface area contributed by atoms with Gasteiger partial charge in [-0.3, -0.25) is 0 Å². The Bertz CT molecular complexity index is 726. The lowest BCUT2D eigenvalue weighted by Gasteiger charge is -2.24. The fourth-order valence-electron chi connectivity index (χ4n) is 3.80. The van der Waals surface area contributed by atoms with Crippen molar-refractivity contribution in [3.63, 3.8) is 0 Å². The first kappa shape index (κ1) is 16.6. The predicted octanol–water partition coefficient (Wildman–Crippen LogP) is 4.75. The summed E-state index contributed by atoms with van der Waals surface area (Å²) < 4.78 is 7.67. The van der Waals surface area contributed by atoms with Crippen molar-refractivity contribution in [1.82, 2.24) is 4.57 Å². The van der Waals surface area contributed by atoms with E-state index in [9.17, 15) is 9.90 Å². The molecule has 0 bridgehead atoms. The highest BCUT2D eigenvalue weighted by atomic mass is 16.5. The van der Waals surface area contributed by atoms with Crippen LogP contribution < -0.4 is 4.74 Å². The van der Waals surface area contributed by atoms with Crippen LogP contribution in [-0.2, 0) is 6.54 Å². The summed E-state index contributed by atoms with van der Waals surface area (Å²) in [6, 6.07) is 9.60. The monoisotopic (exact) mass is 327 g/mol. The second kappa shape index (κ2) is 7.12. The number of carboxylic acids is 1. The molecule has 0 spiro atoms. The molecule has 1 aliphatic rings. The molecule has 0 saturated heterocycles. The number of carbonyl (C=O) groups is 1. The number of aromatic nitrogens is 1. The second-order valence-electron chi connectivity index (χ2n) is 6.65. The fraction of sp³-hybridized carbons (Fsp3) is 0.450. The zero-order chi connectivity index (χ0) is 17.1. The van der Waals surface area contributed by atoms with Gasteiger partial charge in [0.1, 0.15) is 5.75 Å². The van der Waals surface area contributed by atoms with E-state index < -0.39 is 5.97 Å². The Labute approximate surface area is 143 Å². The van der Waals surface area contributed by atoms with Crippen molar-refractivity contribution in [3.8, 4) is 17.0 Å². The van der Waals surface area contributed by atoms with E-state index in [1.165, 1.54) is 32.1 Å². The van der Waals surface area contributed by atoms with Crippen molar-refractivity contribution in [1.29, 1.82) is 0 Å². The van der Waals surface area contributed by atoms with E-state index in [1.54, 1.807) is 13.2 Å². The van der Waals surface area contributed by atoms with Crippen LogP contribution in [-0.4, -0.2) is 22.8 Å². The molecule has 0 unspecified atom stereocenters. The lowest BCUT2D eigenvalue weighted by molar-refractivity contribution is 0.0696. The SMILES string of the molecule is COc1ccccc1-c1cc(C(=O)O)c(C)n1CC1CCCCC1. The van der Waals surface area contributed by atoms with Crippen LogP contribution >= 0.6 is 0 Å². The van der Waals surface area contributed by atoms with Crippen molar-refractivity contribution in [2.24, 2.45) is 5.92 Å². The highest BCUT2D eigenvalue weighted by Crippen LogP contribution is 2.35. The van der Waals surface area contributed by atoms with Crippen molar-refractivity contribution >= 4 is 5.97 Å². The molecule has 3 rings (SSSR count). The summed E-state index contributed by atoms with van der Waals surface area (Å²) in [5.41, 5.74) is 3.10. The van der Waals surface area contributed by atoms with Crippen LogP contribution in [0, 0.1) is 12.8 Å². The van der Waals surface area contributed by atoms with Crippen LogP contribution in [0.3, 0.4) is 0 Å². The van der Waals surface area contributed by atoms with Crippen LogP contribution in [0.1, 0.15) is 48.2 Å². The average Bonchev–Trinajstić information content (AvgIpc) is 2.93. The third-order valence-electron chi connectivity index (χ3n) is 5.15. The van der Waals surface area contributed by atoms with Gasteiger partial charge in [-0.15, -0.1) is 0 Å². The Morgan fingerprint density at radius 2 is 1.96 bits per heavy atom. The largest absolute Gasteiger partial charge is 0.496 e. The Kier molecular flexibility index (Phi) is 4.93. The molecule has 4 heteroatoms. The number of ether oxygens (including phenoxy) is 1. The zero-order valence-electron chi connectivity index (χ0n) is 14.4. The van der Waals surface area contributed by atoms with Gasteiger partial charge in [-0.2, -0.15) is 0 Å². The average molecular weight is 327 g/mol. The van der Waals surface area contributed by atoms with Gasteiger partial charge in [-0.25, -0.2) is 4.79 Å². The smallest absolute Gasteiger partial charge is 0.337 e. The summed E-state index contributed by atoms with van der Waals surface area (Å²) in [5, 5.41) is 9.54. The lowest BCUT2D eigenvalue weighted by atomic mass is 9.89. The van der Waals surface area contributed by atoms with E-state index in [0.717, 1.165) is 29.2 Å². The standard InChI is InChI=1S/C20H25NO3/c1-14-17(20(22)23)12-18(16-10-6-7-11-19(16)24-2)21(14)13-15-8-4-3-5-9-15/h6-7,10-12,15H,3-5,8-9,13H2,1-2H3,(H,22,23). The molecular weight excluding hydrogens is 302 g/mol. The third kappa shape index (κ3) is 3.18. The summed E-state index contributed by atoms with van der Waals surface area (Å²) in [5.74, 6) is 0.530. The Balaban J connectivity index is 2.06. The van der Waals surface area contributed by atoms with Crippen LogP contribution in [0.4, 0.5) is 0 Å². The summed E-state index contributed by atoms with van der Waals surface area (Å²) in [6.07, 6.45) is 6.33. The number of nitrogens with zero attached hydrogens (tertiary/aromatic N) is 1. The Hall–Kier alpha value is -2.23. The molecule has 1 fully saturated rings. The molecule has 0 atom stereocenters. The van der Waals surface area contributed by atoms with Crippen molar-refractivity contribution in [2.75, 3.05) is 7.11 Å². The van der Waals surface area contributed by atoms with Gasteiger partial charge in [0.2, 0.25) is 0 Å². The molecule has 1 aromatic carbocycles. The quantitative estimate of drug-likeness (QED) is 0.862. The van der Waals surface area contributed by atoms with Gasteiger partial charge >= 0.3 is 5.97 Å². The minimum absolute atomic E-state index is 0.381. The topological polar surface area (TPSA) is 51.5 Å². The van der Waals surface area contributed by atoms with Crippen molar-refractivity contribution < 1.29 is 14.6 Å². The van der Waals surface area contributed by atoms with Crippen LogP contribution in [0.5, 0.6) is 5.75 Å². The molecular formula is C20H25NO3. The molecule has 24 heavy (non-hydrogen) atoms. The van der Waals surface area contributed by atoms with Gasteiger partial charge in [0.05, 0.1) is 18.4 Å². The van der Waals surface area contributed by atoms with E-state index in [4.69, 9.17) is 4.74 Å². The maximum absolute atomic E-state index is 11.6. The summed E-state index contributed by atoms with van der Waals surface area (Å²) >= 11 is 0. The first-order chi connectivity index (χ1) is 11.6. The molecule has 0 radical (unpaired) electrons. The second-order valence-corrected chi connectivity index (χ2v) is 6.65. The molecule has 1 N–H and O–H groups in total. The molecule has 1 aliphatic carbocycles. The molecule has 0 amide bonds. The van der Waals surface area contributed by atoms with Gasteiger partial charge in [0, 0.05) is 17.8 Å². The number of rotatable bonds is 5. The van der Waals surface area contributed by atoms with E-state index in [-0.39, 0.29) is 0 Å². The highest BCUT2D eigenvalue weighted by molar-refractivity contribution is 5.91. The van der Waals surface area contributed by atoms with Gasteiger partial charge in [0.25, 0.3) is 0 Å². The molecule has 0 aliphatic heterocycles. The zero-order valence-corrected chi connectivity index (χ0v) is 14.4. The van der Waals surface area contributed by atoms with Crippen LogP contribution in [0.15, 0.2) is 30.3 Å². The van der Waals surface area contributed by atoms with Gasteiger partial charge in [0.15, 0.2) is 0 Å². The number of aromatic carboxylic acids is 1. The summed E-state index contributed by atoms with van der Waals surface area (Å²) in [4.78, 5) is 11.6. The maximum Gasteiger partial charge on any atom is 0.337 e. The minimum atomic E-state index is -0.869. The Morgan fingerprint density at radius 1 is 1.25 bits per heavy atom. The first-order valence-electron chi connectivity index (χ1n) is 8.68. The predicted molar refractivity (Wildman–Crippen MR) is 94.7 cm³/mol. The minimum Gasteiger partial charge on any atom is -0.496 e. The van der Waals surface area contributed by atoms with Gasteiger partial charge in [-0.05, 0) is 43.9 Å². The Morgan fingerprint density at radius 3 is 2.62 bits per heavy atom. The number of hydrogen-bond donors (Lipinski definition) is 1. The molecule has 1 saturated carbocycles. The first-order valence-corrected chi connectivity index (χ1v) is 8.68. The van der Waals surface area contributed by atoms with Gasteiger partial charge < -0.3 is 14.4 Å². The highest BCUT2D eigenvalue weighted by Gasteiger charge is 2.22. The number of methoxy groups -OCH3 is 1. The molecule has 4 nitrogen and oxygen atoms in total. The number of hydrogen-bond acceptors (Lipinski definition) is 2.